The fourth-order valence-corrected chi connectivity index (χ4v) is 10.7. The van der Waals surface area contributed by atoms with Gasteiger partial charge in [-0.25, -0.2) is 15.0 Å². The van der Waals surface area contributed by atoms with Crippen molar-refractivity contribution in [1.82, 2.24) is 33.9 Å². The second kappa shape index (κ2) is 19.3. The molecule has 0 radical (unpaired) electrons. The van der Waals surface area contributed by atoms with Gasteiger partial charge >= 0.3 is 0 Å². The average molecular weight is 892 g/mol. The highest BCUT2D eigenvalue weighted by Crippen LogP contribution is 2.45. The first kappa shape index (κ1) is 42.9. The van der Waals surface area contributed by atoms with Crippen molar-refractivity contribution in [1.29, 1.82) is 0 Å². The van der Waals surface area contributed by atoms with Crippen molar-refractivity contribution in [2.45, 2.75) is 70.2 Å². The number of anilines is 2. The second-order valence-corrected chi connectivity index (χ2v) is 19.2. The number of fused-ring (bicyclic) bond motifs is 2. The third-order valence-electron chi connectivity index (χ3n) is 14.6. The number of hydrogen-bond donors (Lipinski definition) is 2. The minimum Gasteiger partial charge on any atom is -0.489 e. The number of aromatic nitrogens is 5. The van der Waals surface area contributed by atoms with Gasteiger partial charge < -0.3 is 39.9 Å². The van der Waals surface area contributed by atoms with Crippen LogP contribution in [0.25, 0.3) is 44.3 Å². The Bertz CT molecular complexity index is 2930. The average Bonchev–Trinajstić information content (AvgIpc) is 4.08. The largest absolute Gasteiger partial charge is 0.489 e. The molecule has 4 aromatic carbocycles. The fourth-order valence-electron chi connectivity index (χ4n) is 10.7. The van der Waals surface area contributed by atoms with Crippen molar-refractivity contribution in [3.8, 4) is 33.8 Å². The Morgan fingerprint density at radius 2 is 1.03 bits per heavy atom. The molecule has 11 nitrogen and oxygen atoms in total. The van der Waals surface area contributed by atoms with E-state index >= 15 is 0 Å². The molecule has 0 unspecified atom stereocenters. The van der Waals surface area contributed by atoms with Crippen LogP contribution in [0.2, 0.25) is 0 Å². The first-order valence-electron chi connectivity index (χ1n) is 24.3. The number of nitrogen functional groups attached to an aromatic ring is 2. The van der Waals surface area contributed by atoms with Gasteiger partial charge in [-0.1, -0.05) is 84.9 Å². The summed E-state index contributed by atoms with van der Waals surface area (Å²) in [4.78, 5) is 18.9. The Morgan fingerprint density at radius 3 is 1.55 bits per heavy atom. The van der Waals surface area contributed by atoms with Crippen molar-refractivity contribution >= 4 is 33.6 Å². The lowest BCUT2D eigenvalue weighted by molar-refractivity contribution is 0.0921. The summed E-state index contributed by atoms with van der Waals surface area (Å²) in [6.07, 6.45) is 16.8. The zero-order chi connectivity index (χ0) is 45.1. The van der Waals surface area contributed by atoms with Crippen LogP contribution in [0.4, 0.5) is 11.5 Å². The summed E-state index contributed by atoms with van der Waals surface area (Å²) in [5.74, 6) is 3.80. The van der Waals surface area contributed by atoms with Gasteiger partial charge in [0.2, 0.25) is 0 Å². The molecule has 2 aliphatic carbocycles. The van der Waals surface area contributed by atoms with Crippen molar-refractivity contribution in [2.24, 2.45) is 11.8 Å². The molecule has 4 aliphatic rings. The fraction of sp³-hybridized carbons (Fsp3) is 0.339. The summed E-state index contributed by atoms with van der Waals surface area (Å²) in [7, 11) is 0. The summed E-state index contributed by atoms with van der Waals surface area (Å²) < 4.78 is 16.9. The zero-order valence-electron chi connectivity index (χ0n) is 38.3. The number of benzene rings is 4. The second-order valence-electron chi connectivity index (χ2n) is 19.2. The van der Waals surface area contributed by atoms with E-state index in [0.29, 0.717) is 31.1 Å². The molecule has 0 spiro atoms. The number of hydrogen-bond acceptors (Lipinski definition) is 9. The van der Waals surface area contributed by atoms with E-state index in [1.807, 2.05) is 66.9 Å². The molecule has 342 valence electrons. The van der Waals surface area contributed by atoms with Crippen LogP contribution in [0.15, 0.2) is 140 Å². The van der Waals surface area contributed by atoms with E-state index < -0.39 is 0 Å². The van der Waals surface area contributed by atoms with Gasteiger partial charge in [0.15, 0.2) is 0 Å². The van der Waals surface area contributed by atoms with Crippen LogP contribution in [0.5, 0.6) is 11.5 Å². The molecule has 12 rings (SSSR count). The van der Waals surface area contributed by atoms with E-state index in [2.05, 4.69) is 95.9 Å². The number of nitrogens with two attached hydrogens (primary N) is 2. The molecule has 2 aliphatic heterocycles. The van der Waals surface area contributed by atoms with Crippen molar-refractivity contribution in [3.63, 3.8) is 0 Å². The predicted octanol–water partition coefficient (Wildman–Crippen LogP) is 10.8. The predicted molar refractivity (Wildman–Crippen MR) is 269 cm³/mol. The highest BCUT2D eigenvalue weighted by Gasteiger charge is 2.35. The van der Waals surface area contributed by atoms with Crippen LogP contribution in [-0.2, 0) is 13.2 Å². The van der Waals surface area contributed by atoms with Crippen LogP contribution in [-0.4, -0.2) is 73.2 Å². The molecule has 0 amide bonds. The molecule has 11 heteroatoms. The van der Waals surface area contributed by atoms with Gasteiger partial charge in [0.25, 0.3) is 0 Å². The maximum Gasteiger partial charge on any atom is 0.146 e. The first-order chi connectivity index (χ1) is 33.0. The Morgan fingerprint density at radius 1 is 0.522 bits per heavy atom. The molecule has 2 saturated heterocycles. The number of nitrogens with zero attached hydrogens (tertiary/aromatic N) is 7. The number of pyridine rings is 1. The Balaban J connectivity index is 0.000000148. The standard InChI is InChI=1S/C29H32N4O.C27H29N5O/c30-27-11-12-31-29-28(27)26(19-33(29)24-15-22(16-24)18-32-13-4-5-14-32)23-9-6-10-25(17-23)34-20-21-7-2-1-3-8-21;28-26-25-24(21-8-4-9-23(14-21)33-17-19-6-2-1-3-7-19)16-32(27(25)30-18-29-26)22-12-20(13-22)15-31-10-5-11-31/h1-3,6-12,17,19,22,24H,4-5,13-16,18,20H2,(H2,30,31);1-4,6-9,14,16,18,20,22H,5,10-13,15,17H2,(H2,28,29,30). The SMILES string of the molecule is Nc1ccnc2c1c(-c1cccc(OCc3ccccc3)c1)cn2C1CC(CN2CCCC2)C1.Nc1ncnc2c1c(-c1cccc(OCc3ccccc3)c1)cn2C1CC(CN2CCC2)C1. The van der Waals surface area contributed by atoms with Crippen LogP contribution < -0.4 is 20.9 Å². The molecule has 8 aromatic rings. The highest BCUT2D eigenvalue weighted by molar-refractivity contribution is 6.02. The Hall–Kier alpha value is -6.69. The molecule has 2 saturated carbocycles. The molecule has 0 atom stereocenters. The summed E-state index contributed by atoms with van der Waals surface area (Å²) in [5, 5.41) is 1.98. The van der Waals surface area contributed by atoms with Gasteiger partial charge in [0, 0.05) is 66.0 Å². The summed E-state index contributed by atoms with van der Waals surface area (Å²) in [5.41, 5.74) is 22.2. The van der Waals surface area contributed by atoms with Crippen LogP contribution in [0.3, 0.4) is 0 Å². The number of ether oxygens (including phenoxy) is 2. The molecular formula is C56H61N9O2. The third kappa shape index (κ3) is 9.35. The molecule has 6 heterocycles. The van der Waals surface area contributed by atoms with Gasteiger partial charge in [-0.2, -0.15) is 0 Å². The van der Waals surface area contributed by atoms with Gasteiger partial charge in [-0.05, 0) is 136 Å². The van der Waals surface area contributed by atoms with Crippen molar-refractivity contribution in [2.75, 3.05) is 50.7 Å². The van der Waals surface area contributed by atoms with E-state index in [9.17, 15) is 0 Å². The minimum atomic E-state index is 0.472. The molecule has 4 aromatic heterocycles. The Labute approximate surface area is 393 Å². The van der Waals surface area contributed by atoms with E-state index in [-0.39, 0.29) is 0 Å². The lowest BCUT2D eigenvalue weighted by Crippen LogP contribution is -2.43. The van der Waals surface area contributed by atoms with Crippen molar-refractivity contribution < 1.29 is 9.47 Å². The molecule has 0 bridgehead atoms. The quantitative estimate of drug-likeness (QED) is 0.110. The molecule has 67 heavy (non-hydrogen) atoms. The van der Waals surface area contributed by atoms with Crippen LogP contribution in [0.1, 0.15) is 68.2 Å². The van der Waals surface area contributed by atoms with Gasteiger partial charge in [-0.15, -0.1) is 0 Å². The summed E-state index contributed by atoms with van der Waals surface area (Å²) >= 11 is 0. The number of rotatable bonds is 14. The van der Waals surface area contributed by atoms with E-state index in [4.69, 9.17) is 25.9 Å². The van der Waals surface area contributed by atoms with Gasteiger partial charge in [0.05, 0.1) is 5.39 Å². The Kier molecular flexibility index (Phi) is 12.3. The van der Waals surface area contributed by atoms with Gasteiger partial charge in [0.1, 0.15) is 48.2 Å². The van der Waals surface area contributed by atoms with E-state index in [1.54, 1.807) is 6.33 Å². The lowest BCUT2D eigenvalue weighted by Gasteiger charge is -2.42. The van der Waals surface area contributed by atoms with Crippen LogP contribution in [0, 0.1) is 11.8 Å². The lowest BCUT2D eigenvalue weighted by atomic mass is 9.79. The maximum absolute atomic E-state index is 6.48. The molecule has 4 fully saturated rings. The van der Waals surface area contributed by atoms with Gasteiger partial charge in [-0.3, -0.25) is 0 Å². The number of likely N-dealkylation sites (tertiary alicyclic amines) is 2. The maximum atomic E-state index is 6.48. The normalized spacial score (nSPS) is 20.4. The van der Waals surface area contributed by atoms with E-state index in [0.717, 1.165) is 84.5 Å². The third-order valence-corrected chi connectivity index (χ3v) is 14.6. The first-order valence-corrected chi connectivity index (χ1v) is 24.3. The minimum absolute atomic E-state index is 0.472. The monoisotopic (exact) mass is 891 g/mol. The molecule has 4 N–H and O–H groups in total. The summed E-state index contributed by atoms with van der Waals surface area (Å²) in [6.45, 7) is 8.67. The van der Waals surface area contributed by atoms with E-state index in [1.165, 1.54) is 84.2 Å². The molecular weight excluding hydrogens is 831 g/mol. The topological polar surface area (TPSA) is 126 Å². The summed E-state index contributed by atoms with van der Waals surface area (Å²) in [6, 6.07) is 39.9. The highest BCUT2D eigenvalue weighted by atomic mass is 16.5. The smallest absolute Gasteiger partial charge is 0.146 e. The van der Waals surface area contributed by atoms with Crippen molar-refractivity contribution in [3.05, 3.63) is 151 Å². The van der Waals surface area contributed by atoms with Crippen LogP contribution >= 0.6 is 0 Å². The zero-order valence-corrected chi connectivity index (χ0v) is 38.3.